The van der Waals surface area contributed by atoms with Crippen molar-refractivity contribution in [1.29, 1.82) is 0 Å². The highest BCUT2D eigenvalue weighted by molar-refractivity contribution is 6.04. The third kappa shape index (κ3) is 7.44. The van der Waals surface area contributed by atoms with E-state index < -0.39 is 0 Å². The molecule has 0 saturated carbocycles. The first-order valence-corrected chi connectivity index (χ1v) is 13.8. The molecule has 1 N–H and O–H groups in total. The molecule has 1 aliphatic heterocycles. The van der Waals surface area contributed by atoms with Crippen LogP contribution in [-0.2, 0) is 6.54 Å². The van der Waals surface area contributed by atoms with Crippen molar-refractivity contribution in [2.45, 2.75) is 13.5 Å². The van der Waals surface area contributed by atoms with Crippen LogP contribution in [0, 0.1) is 11.8 Å². The molecule has 7 nitrogen and oxygen atoms in total. The van der Waals surface area contributed by atoms with E-state index in [1.54, 1.807) is 19.5 Å². The first-order valence-electron chi connectivity index (χ1n) is 13.8. The lowest BCUT2D eigenvalue weighted by Crippen LogP contribution is -2.46. The third-order valence-corrected chi connectivity index (χ3v) is 6.99. The predicted molar refractivity (Wildman–Crippen MR) is 163 cm³/mol. The fourth-order valence-corrected chi connectivity index (χ4v) is 4.76. The topological polar surface area (TPSA) is 66.9 Å². The smallest absolute Gasteiger partial charge is 0.255 e. The third-order valence-electron chi connectivity index (χ3n) is 6.99. The number of benzene rings is 3. The Morgan fingerprint density at radius 1 is 0.902 bits per heavy atom. The number of piperazine rings is 1. The maximum Gasteiger partial charge on any atom is 0.255 e. The molecule has 0 aliphatic carbocycles. The van der Waals surface area contributed by atoms with Gasteiger partial charge in [0.1, 0.15) is 11.5 Å². The Morgan fingerprint density at radius 2 is 1.66 bits per heavy atom. The summed E-state index contributed by atoms with van der Waals surface area (Å²) in [6.45, 7) is 7.13. The number of ether oxygens (including phenoxy) is 2. The van der Waals surface area contributed by atoms with Gasteiger partial charge in [-0.25, -0.2) is 0 Å². The summed E-state index contributed by atoms with van der Waals surface area (Å²) in [5, 5.41) is 2.93. The van der Waals surface area contributed by atoms with Crippen LogP contribution in [-0.4, -0.2) is 55.7 Å². The molecule has 0 bridgehead atoms. The summed E-state index contributed by atoms with van der Waals surface area (Å²) in [5.74, 6) is 7.93. The van der Waals surface area contributed by atoms with E-state index >= 15 is 0 Å². The van der Waals surface area contributed by atoms with E-state index in [-0.39, 0.29) is 5.91 Å². The van der Waals surface area contributed by atoms with E-state index in [9.17, 15) is 4.79 Å². The van der Waals surface area contributed by atoms with Gasteiger partial charge in [-0.3, -0.25) is 14.7 Å². The minimum atomic E-state index is -0.133. The lowest BCUT2D eigenvalue weighted by atomic mass is 10.1. The minimum absolute atomic E-state index is 0.133. The van der Waals surface area contributed by atoms with Gasteiger partial charge < -0.3 is 19.7 Å². The van der Waals surface area contributed by atoms with Crippen LogP contribution < -0.4 is 19.7 Å². The number of rotatable bonds is 8. The highest BCUT2D eigenvalue weighted by atomic mass is 16.5. The van der Waals surface area contributed by atoms with Gasteiger partial charge in [0.15, 0.2) is 0 Å². The Hall–Kier alpha value is -4.80. The van der Waals surface area contributed by atoms with E-state index in [0.717, 1.165) is 66.7 Å². The maximum atomic E-state index is 12.7. The van der Waals surface area contributed by atoms with E-state index in [1.165, 1.54) is 5.56 Å². The molecule has 3 aromatic carbocycles. The molecular weight excluding hydrogens is 512 g/mol. The molecule has 4 aromatic rings. The normalized spacial score (nSPS) is 13.2. The van der Waals surface area contributed by atoms with Crippen LogP contribution in [0.3, 0.4) is 0 Å². The molecule has 0 unspecified atom stereocenters. The van der Waals surface area contributed by atoms with E-state index in [2.05, 4.69) is 50.1 Å². The van der Waals surface area contributed by atoms with Gasteiger partial charge in [0, 0.05) is 67.0 Å². The summed E-state index contributed by atoms with van der Waals surface area (Å²) in [6, 6.07) is 25.4. The molecule has 2 heterocycles. The molecule has 1 saturated heterocycles. The molecule has 5 rings (SSSR count). The zero-order valence-corrected chi connectivity index (χ0v) is 23.5. The first-order chi connectivity index (χ1) is 20.1. The van der Waals surface area contributed by atoms with Gasteiger partial charge in [0.25, 0.3) is 5.91 Å². The zero-order valence-electron chi connectivity index (χ0n) is 23.5. The predicted octanol–water partition coefficient (Wildman–Crippen LogP) is 5.46. The van der Waals surface area contributed by atoms with Crippen molar-refractivity contribution < 1.29 is 14.3 Å². The second kappa shape index (κ2) is 13.5. The fourth-order valence-electron chi connectivity index (χ4n) is 4.76. The van der Waals surface area contributed by atoms with Crippen molar-refractivity contribution in [2.24, 2.45) is 0 Å². The summed E-state index contributed by atoms with van der Waals surface area (Å²) in [4.78, 5) is 21.8. The number of methoxy groups -OCH3 is 1. The fraction of sp³-hybridized carbons (Fsp3) is 0.235. The first kappa shape index (κ1) is 27.8. The van der Waals surface area contributed by atoms with E-state index in [4.69, 9.17) is 9.47 Å². The molecule has 1 aromatic heterocycles. The van der Waals surface area contributed by atoms with Gasteiger partial charge in [-0.05, 0) is 73.2 Å². The molecule has 0 atom stereocenters. The van der Waals surface area contributed by atoms with Crippen molar-refractivity contribution in [3.8, 4) is 23.3 Å². The number of carbonyl (C=O) groups excluding carboxylic acids is 1. The van der Waals surface area contributed by atoms with Crippen molar-refractivity contribution >= 4 is 17.3 Å². The van der Waals surface area contributed by atoms with Gasteiger partial charge in [0.05, 0.1) is 19.9 Å². The highest BCUT2D eigenvalue weighted by Gasteiger charge is 2.18. The second-order valence-electron chi connectivity index (χ2n) is 9.74. The number of pyridine rings is 1. The van der Waals surface area contributed by atoms with Crippen molar-refractivity contribution in [3.05, 3.63) is 114 Å². The Kier molecular flexibility index (Phi) is 9.15. The van der Waals surface area contributed by atoms with Gasteiger partial charge >= 0.3 is 0 Å². The van der Waals surface area contributed by atoms with Gasteiger partial charge in [-0.15, -0.1) is 0 Å². The van der Waals surface area contributed by atoms with E-state index in [1.807, 2.05) is 67.6 Å². The van der Waals surface area contributed by atoms with Gasteiger partial charge in [-0.1, -0.05) is 30.0 Å². The second-order valence-corrected chi connectivity index (χ2v) is 9.74. The number of anilines is 2. The zero-order chi connectivity index (χ0) is 28.4. The standard InChI is InChI=1S/C34H34N4O3/c1-3-41-33-22-26(23-35-24-33)8-9-27-6-4-5-7-29(27)25-37-18-20-38(21-19-37)31-14-10-28(11-15-31)34(39)36-30-12-16-32(40-2)17-13-30/h4-7,10-17,22-24H,3,18-21,25H2,1-2H3,(H,36,39). The molecule has 7 heteroatoms. The SMILES string of the molecule is CCOc1cncc(C#Cc2ccccc2CN2CCN(c3ccc(C(=O)Nc4ccc(OC)cc4)cc3)CC2)c1. The van der Waals surface area contributed by atoms with Crippen LogP contribution in [0.5, 0.6) is 11.5 Å². The Labute approximate surface area is 241 Å². The van der Waals surface area contributed by atoms with Crippen LogP contribution in [0.25, 0.3) is 0 Å². The Balaban J connectivity index is 1.15. The van der Waals surface area contributed by atoms with Crippen molar-refractivity contribution in [3.63, 3.8) is 0 Å². The molecule has 208 valence electrons. The molecule has 0 radical (unpaired) electrons. The number of hydrogen-bond acceptors (Lipinski definition) is 6. The van der Waals surface area contributed by atoms with Crippen LogP contribution >= 0.6 is 0 Å². The molecule has 1 amide bonds. The number of nitrogens with zero attached hydrogens (tertiary/aromatic N) is 3. The minimum Gasteiger partial charge on any atom is -0.497 e. The monoisotopic (exact) mass is 546 g/mol. The van der Waals surface area contributed by atoms with Crippen LogP contribution in [0.15, 0.2) is 91.3 Å². The summed E-state index contributed by atoms with van der Waals surface area (Å²) < 4.78 is 10.7. The molecular formula is C34H34N4O3. The Morgan fingerprint density at radius 3 is 2.39 bits per heavy atom. The molecule has 1 fully saturated rings. The van der Waals surface area contributed by atoms with Gasteiger partial charge in [0.2, 0.25) is 0 Å². The van der Waals surface area contributed by atoms with Gasteiger partial charge in [-0.2, -0.15) is 0 Å². The number of aromatic nitrogens is 1. The number of amides is 1. The summed E-state index contributed by atoms with van der Waals surface area (Å²) >= 11 is 0. The summed E-state index contributed by atoms with van der Waals surface area (Å²) in [6.07, 6.45) is 3.47. The lowest BCUT2D eigenvalue weighted by molar-refractivity contribution is 0.102. The average molecular weight is 547 g/mol. The summed E-state index contributed by atoms with van der Waals surface area (Å²) in [5.41, 5.74) is 5.57. The lowest BCUT2D eigenvalue weighted by Gasteiger charge is -2.36. The number of carbonyl (C=O) groups is 1. The van der Waals surface area contributed by atoms with Crippen molar-refractivity contribution in [2.75, 3.05) is 50.1 Å². The largest absolute Gasteiger partial charge is 0.497 e. The van der Waals surface area contributed by atoms with E-state index in [0.29, 0.717) is 12.2 Å². The average Bonchev–Trinajstić information content (AvgIpc) is 3.02. The molecule has 0 spiro atoms. The quantitative estimate of drug-likeness (QED) is 0.296. The maximum absolute atomic E-state index is 12.7. The van der Waals surface area contributed by atoms with Crippen LogP contribution in [0.1, 0.15) is 34.0 Å². The van der Waals surface area contributed by atoms with Crippen molar-refractivity contribution in [1.82, 2.24) is 9.88 Å². The number of hydrogen-bond donors (Lipinski definition) is 1. The highest BCUT2D eigenvalue weighted by Crippen LogP contribution is 2.21. The van der Waals surface area contributed by atoms with Crippen LogP contribution in [0.2, 0.25) is 0 Å². The number of nitrogens with one attached hydrogen (secondary N) is 1. The Bertz CT molecular complexity index is 1520. The summed E-state index contributed by atoms with van der Waals surface area (Å²) in [7, 11) is 1.62. The van der Waals surface area contributed by atoms with Crippen LogP contribution in [0.4, 0.5) is 11.4 Å². The molecule has 1 aliphatic rings. The molecule has 41 heavy (non-hydrogen) atoms.